The van der Waals surface area contributed by atoms with Crippen molar-refractivity contribution < 1.29 is 9.90 Å². The molecule has 0 aromatic heterocycles. The van der Waals surface area contributed by atoms with Gasteiger partial charge in [0.2, 0.25) is 5.91 Å². The molecule has 0 fully saturated rings. The Hall–Kier alpha value is -1.39. The lowest BCUT2D eigenvalue weighted by molar-refractivity contribution is -0.125. The predicted molar refractivity (Wildman–Crippen MR) is 72.0 cm³/mol. The van der Waals surface area contributed by atoms with Gasteiger partial charge in [-0.05, 0) is 18.9 Å². The highest BCUT2D eigenvalue weighted by Crippen LogP contribution is 2.05. The van der Waals surface area contributed by atoms with E-state index < -0.39 is 0 Å². The topological polar surface area (TPSA) is 75.4 Å². The van der Waals surface area contributed by atoms with Crippen LogP contribution >= 0.6 is 0 Å². The van der Waals surface area contributed by atoms with Gasteiger partial charge in [0.05, 0.1) is 12.6 Å². The number of nitrogens with two attached hydrogens (primary N) is 1. The molecule has 3 atom stereocenters. The van der Waals surface area contributed by atoms with E-state index >= 15 is 0 Å². The van der Waals surface area contributed by atoms with Gasteiger partial charge in [0.1, 0.15) is 0 Å². The van der Waals surface area contributed by atoms with E-state index in [1.165, 1.54) is 0 Å². The third-order valence-electron chi connectivity index (χ3n) is 3.09. The van der Waals surface area contributed by atoms with Crippen LogP contribution in [0.2, 0.25) is 0 Å². The maximum atomic E-state index is 11.8. The lowest BCUT2D eigenvalue weighted by atomic mass is 10.0. The number of hydrogen-bond donors (Lipinski definition) is 3. The third kappa shape index (κ3) is 4.47. The van der Waals surface area contributed by atoms with Gasteiger partial charge in [-0.1, -0.05) is 37.3 Å². The van der Waals surface area contributed by atoms with Crippen LogP contribution in [0.4, 0.5) is 0 Å². The van der Waals surface area contributed by atoms with Crippen LogP contribution < -0.4 is 11.1 Å². The first-order valence-electron chi connectivity index (χ1n) is 6.25. The zero-order valence-corrected chi connectivity index (χ0v) is 11.0. The van der Waals surface area contributed by atoms with Crippen LogP contribution in [0.3, 0.4) is 0 Å². The number of rotatable bonds is 6. The molecule has 1 aromatic rings. The Kier molecular flexibility index (Phi) is 5.82. The summed E-state index contributed by atoms with van der Waals surface area (Å²) in [4.78, 5) is 11.8. The zero-order valence-electron chi connectivity index (χ0n) is 11.0. The molecule has 4 N–H and O–H groups in total. The van der Waals surface area contributed by atoms with Gasteiger partial charge in [-0.25, -0.2) is 0 Å². The molecule has 100 valence electrons. The van der Waals surface area contributed by atoms with Crippen LogP contribution in [0.5, 0.6) is 0 Å². The van der Waals surface area contributed by atoms with Gasteiger partial charge < -0.3 is 16.2 Å². The normalized spacial score (nSPS) is 15.8. The molecule has 0 aliphatic rings. The summed E-state index contributed by atoms with van der Waals surface area (Å²) in [6, 6.07) is 9.32. The summed E-state index contributed by atoms with van der Waals surface area (Å²) < 4.78 is 0. The number of aliphatic hydroxyl groups is 1. The average Bonchev–Trinajstić information content (AvgIpc) is 2.37. The predicted octanol–water partition coefficient (Wildman–Crippen LogP) is 0.690. The van der Waals surface area contributed by atoms with E-state index in [0.717, 1.165) is 5.56 Å². The van der Waals surface area contributed by atoms with Crippen LogP contribution in [0.25, 0.3) is 0 Å². The second-order valence-electron chi connectivity index (χ2n) is 4.73. The van der Waals surface area contributed by atoms with E-state index in [4.69, 9.17) is 5.73 Å². The number of hydrogen-bond acceptors (Lipinski definition) is 3. The van der Waals surface area contributed by atoms with Crippen LogP contribution in [-0.4, -0.2) is 29.7 Å². The zero-order chi connectivity index (χ0) is 13.5. The molecule has 1 aromatic carbocycles. The van der Waals surface area contributed by atoms with E-state index in [1.807, 2.05) is 30.3 Å². The molecule has 0 aliphatic carbocycles. The van der Waals surface area contributed by atoms with Crippen molar-refractivity contribution in [3.63, 3.8) is 0 Å². The number of benzene rings is 1. The van der Waals surface area contributed by atoms with Crippen molar-refractivity contribution in [1.82, 2.24) is 5.32 Å². The molecule has 1 rings (SSSR count). The minimum atomic E-state index is -0.263. The highest BCUT2D eigenvalue weighted by Gasteiger charge is 2.20. The summed E-state index contributed by atoms with van der Waals surface area (Å²) >= 11 is 0. The summed E-state index contributed by atoms with van der Waals surface area (Å²) in [7, 11) is 0. The fourth-order valence-corrected chi connectivity index (χ4v) is 1.63. The average molecular weight is 250 g/mol. The van der Waals surface area contributed by atoms with Crippen molar-refractivity contribution in [2.45, 2.75) is 32.4 Å². The SMILES string of the molecule is CC(N)C(C)C(=O)NC(CO)Cc1ccccc1. The van der Waals surface area contributed by atoms with Gasteiger partial charge in [-0.2, -0.15) is 0 Å². The van der Waals surface area contributed by atoms with Gasteiger partial charge in [0.25, 0.3) is 0 Å². The summed E-state index contributed by atoms with van der Waals surface area (Å²) in [6.45, 7) is 3.51. The molecule has 4 heteroatoms. The fraction of sp³-hybridized carbons (Fsp3) is 0.500. The number of aliphatic hydroxyl groups excluding tert-OH is 1. The van der Waals surface area contributed by atoms with Crippen molar-refractivity contribution in [2.24, 2.45) is 11.7 Å². The van der Waals surface area contributed by atoms with Crippen molar-refractivity contribution in [1.29, 1.82) is 0 Å². The quantitative estimate of drug-likeness (QED) is 0.695. The Bertz CT molecular complexity index is 365. The number of nitrogens with one attached hydrogen (secondary N) is 1. The van der Waals surface area contributed by atoms with Crippen LogP contribution in [-0.2, 0) is 11.2 Å². The first-order chi connectivity index (χ1) is 8.54. The summed E-state index contributed by atoms with van der Waals surface area (Å²) in [6.07, 6.45) is 0.620. The Balaban J connectivity index is 2.55. The highest BCUT2D eigenvalue weighted by atomic mass is 16.3. The van der Waals surface area contributed by atoms with Crippen molar-refractivity contribution >= 4 is 5.91 Å². The minimum absolute atomic E-state index is 0.0771. The molecule has 0 saturated heterocycles. The van der Waals surface area contributed by atoms with E-state index in [1.54, 1.807) is 13.8 Å². The van der Waals surface area contributed by atoms with E-state index in [0.29, 0.717) is 6.42 Å². The van der Waals surface area contributed by atoms with Gasteiger partial charge in [-0.15, -0.1) is 0 Å². The van der Waals surface area contributed by atoms with Gasteiger partial charge in [0.15, 0.2) is 0 Å². The Morgan fingerprint density at radius 3 is 2.44 bits per heavy atom. The van der Waals surface area contributed by atoms with Crippen molar-refractivity contribution in [3.8, 4) is 0 Å². The van der Waals surface area contributed by atoms with Gasteiger partial charge in [0, 0.05) is 12.0 Å². The summed E-state index contributed by atoms with van der Waals surface area (Å²) in [5.41, 5.74) is 6.77. The van der Waals surface area contributed by atoms with Gasteiger partial charge in [-0.3, -0.25) is 4.79 Å². The third-order valence-corrected chi connectivity index (χ3v) is 3.09. The van der Waals surface area contributed by atoms with Gasteiger partial charge >= 0.3 is 0 Å². The number of carbonyl (C=O) groups is 1. The van der Waals surface area contributed by atoms with Crippen LogP contribution in [0.1, 0.15) is 19.4 Å². The molecular formula is C14H22N2O2. The molecule has 3 unspecified atom stereocenters. The Morgan fingerprint density at radius 1 is 1.33 bits per heavy atom. The molecule has 0 saturated carbocycles. The molecule has 0 radical (unpaired) electrons. The summed E-state index contributed by atoms with van der Waals surface area (Å²) in [5, 5.41) is 12.1. The Labute approximate surface area is 108 Å². The van der Waals surface area contributed by atoms with Crippen LogP contribution in [0.15, 0.2) is 30.3 Å². The monoisotopic (exact) mass is 250 g/mol. The maximum absolute atomic E-state index is 11.8. The Morgan fingerprint density at radius 2 is 1.94 bits per heavy atom. The second kappa shape index (κ2) is 7.13. The summed E-state index contributed by atoms with van der Waals surface area (Å²) in [5.74, 6) is -0.366. The van der Waals surface area contributed by atoms with E-state index in [9.17, 15) is 9.90 Å². The highest BCUT2D eigenvalue weighted by molar-refractivity contribution is 5.79. The maximum Gasteiger partial charge on any atom is 0.224 e. The first kappa shape index (κ1) is 14.7. The molecule has 0 heterocycles. The fourth-order valence-electron chi connectivity index (χ4n) is 1.63. The number of amides is 1. The standard InChI is InChI=1S/C14H22N2O2/c1-10(11(2)15)14(18)16-13(9-17)8-12-6-4-3-5-7-12/h3-7,10-11,13,17H,8-9,15H2,1-2H3,(H,16,18). The van der Waals surface area contributed by atoms with Crippen molar-refractivity contribution in [2.75, 3.05) is 6.61 Å². The molecule has 0 bridgehead atoms. The van der Waals surface area contributed by atoms with E-state index in [2.05, 4.69) is 5.32 Å². The van der Waals surface area contributed by atoms with Crippen molar-refractivity contribution in [3.05, 3.63) is 35.9 Å². The van der Waals surface area contributed by atoms with Crippen LogP contribution in [0, 0.1) is 5.92 Å². The first-order valence-corrected chi connectivity index (χ1v) is 6.25. The second-order valence-corrected chi connectivity index (χ2v) is 4.73. The smallest absolute Gasteiger partial charge is 0.224 e. The molecular weight excluding hydrogens is 228 g/mol. The molecule has 0 spiro atoms. The molecule has 0 aliphatic heterocycles. The lowest BCUT2D eigenvalue weighted by Gasteiger charge is -2.21. The molecule has 4 nitrogen and oxygen atoms in total. The number of carbonyl (C=O) groups excluding carboxylic acids is 1. The largest absolute Gasteiger partial charge is 0.394 e. The molecule has 1 amide bonds. The van der Waals surface area contributed by atoms with E-state index in [-0.39, 0.29) is 30.5 Å². The lowest BCUT2D eigenvalue weighted by Crippen LogP contribution is -2.45. The molecule has 18 heavy (non-hydrogen) atoms. The minimum Gasteiger partial charge on any atom is -0.394 e.